The molecule has 2 aromatic rings. The van der Waals surface area contributed by atoms with Gasteiger partial charge < -0.3 is 19.3 Å². The molecule has 0 radical (unpaired) electrons. The van der Waals surface area contributed by atoms with Crippen LogP contribution in [-0.2, 0) is 16.1 Å². The predicted molar refractivity (Wildman–Crippen MR) is 113 cm³/mol. The van der Waals surface area contributed by atoms with E-state index in [-0.39, 0.29) is 17.9 Å². The lowest BCUT2D eigenvalue weighted by atomic mass is 10.1. The lowest BCUT2D eigenvalue weighted by Gasteiger charge is -2.32. The molecule has 1 aliphatic rings. The number of thiophene rings is 1. The Hall–Kier alpha value is -2.38. The average molecular weight is 417 g/mol. The molecule has 2 heterocycles. The van der Waals surface area contributed by atoms with Crippen LogP contribution in [0.15, 0.2) is 41.1 Å². The summed E-state index contributed by atoms with van der Waals surface area (Å²) in [5, 5.41) is 4.07. The van der Waals surface area contributed by atoms with Gasteiger partial charge in [0.2, 0.25) is 5.91 Å². The minimum Gasteiger partial charge on any atom is -0.490 e. The van der Waals surface area contributed by atoms with Gasteiger partial charge in [0.25, 0.3) is 5.91 Å². The largest absolute Gasteiger partial charge is 0.490 e. The zero-order chi connectivity index (χ0) is 20.6. The maximum Gasteiger partial charge on any atom is 0.253 e. The summed E-state index contributed by atoms with van der Waals surface area (Å²) in [6.07, 6.45) is 2.13. The predicted octanol–water partition coefficient (Wildman–Crippen LogP) is 3.43. The van der Waals surface area contributed by atoms with Gasteiger partial charge in [0.05, 0.1) is 13.0 Å². The fourth-order valence-corrected chi connectivity index (χ4v) is 4.05. The summed E-state index contributed by atoms with van der Waals surface area (Å²) in [5.74, 6) is 0.886. The van der Waals surface area contributed by atoms with Crippen molar-refractivity contribution >= 4 is 23.2 Å². The van der Waals surface area contributed by atoms with Crippen molar-refractivity contribution < 1.29 is 19.1 Å². The molecule has 1 saturated heterocycles. The molecule has 7 heteroatoms. The fraction of sp³-hybridized carbons (Fsp3) is 0.455. The molecule has 0 unspecified atom stereocenters. The van der Waals surface area contributed by atoms with E-state index >= 15 is 0 Å². The summed E-state index contributed by atoms with van der Waals surface area (Å²) in [6, 6.07) is 9.35. The molecule has 0 spiro atoms. The van der Waals surface area contributed by atoms with E-state index in [1.54, 1.807) is 23.3 Å². The van der Waals surface area contributed by atoms with Gasteiger partial charge in [0.15, 0.2) is 0 Å². The van der Waals surface area contributed by atoms with Crippen molar-refractivity contribution in [1.29, 1.82) is 0 Å². The van der Waals surface area contributed by atoms with Gasteiger partial charge in [-0.3, -0.25) is 9.59 Å². The zero-order valence-corrected chi connectivity index (χ0v) is 17.8. The summed E-state index contributed by atoms with van der Waals surface area (Å²) in [5.41, 5.74) is 1.78. The van der Waals surface area contributed by atoms with Crippen LogP contribution in [0.2, 0.25) is 0 Å². The van der Waals surface area contributed by atoms with Crippen molar-refractivity contribution in [3.63, 3.8) is 0 Å². The molecule has 0 aliphatic carbocycles. The quantitative estimate of drug-likeness (QED) is 0.662. The first kappa shape index (κ1) is 21.3. The average Bonchev–Trinajstić information content (AvgIpc) is 3.25. The van der Waals surface area contributed by atoms with Crippen molar-refractivity contribution in [2.24, 2.45) is 0 Å². The van der Waals surface area contributed by atoms with Crippen LogP contribution in [0.5, 0.6) is 5.75 Å². The molecule has 1 fully saturated rings. The third-order valence-electron chi connectivity index (χ3n) is 5.07. The van der Waals surface area contributed by atoms with E-state index < -0.39 is 0 Å². The van der Waals surface area contributed by atoms with Crippen molar-refractivity contribution in [3.05, 3.63) is 52.2 Å². The van der Waals surface area contributed by atoms with E-state index in [1.807, 2.05) is 47.7 Å². The first-order valence-electron chi connectivity index (χ1n) is 9.87. The number of nitrogens with zero attached hydrogens (tertiary/aromatic N) is 2. The monoisotopic (exact) mass is 416 g/mol. The molecule has 0 saturated carbocycles. The lowest BCUT2D eigenvalue weighted by molar-refractivity contribution is -0.133. The molecular weight excluding hydrogens is 388 g/mol. The highest BCUT2D eigenvalue weighted by Crippen LogP contribution is 2.21. The number of carbonyl (C=O) groups is 2. The Morgan fingerprint density at radius 3 is 2.52 bits per heavy atom. The number of benzene rings is 1. The smallest absolute Gasteiger partial charge is 0.253 e. The highest BCUT2D eigenvalue weighted by Gasteiger charge is 2.23. The van der Waals surface area contributed by atoms with Crippen LogP contribution in [0.4, 0.5) is 0 Å². The number of hydrogen-bond donors (Lipinski definition) is 0. The number of piperidine rings is 1. The Balaban J connectivity index is 1.47. The molecule has 6 nitrogen and oxygen atoms in total. The van der Waals surface area contributed by atoms with Crippen molar-refractivity contribution in [1.82, 2.24) is 9.80 Å². The van der Waals surface area contributed by atoms with Gasteiger partial charge in [-0.05, 0) is 46.7 Å². The van der Waals surface area contributed by atoms with Crippen molar-refractivity contribution in [3.8, 4) is 5.75 Å². The van der Waals surface area contributed by atoms with Crippen LogP contribution < -0.4 is 4.74 Å². The number of carbonyl (C=O) groups excluding carboxylic acids is 2. The lowest BCUT2D eigenvalue weighted by Crippen LogP contribution is -2.42. The fourth-order valence-electron chi connectivity index (χ4n) is 3.39. The van der Waals surface area contributed by atoms with Gasteiger partial charge in [-0.25, -0.2) is 0 Å². The highest BCUT2D eigenvalue weighted by molar-refractivity contribution is 7.07. The number of ether oxygens (including phenoxy) is 2. The Bertz CT molecular complexity index is 784. The summed E-state index contributed by atoms with van der Waals surface area (Å²) >= 11 is 1.63. The second-order valence-corrected chi connectivity index (χ2v) is 8.04. The van der Waals surface area contributed by atoms with Crippen LogP contribution in [0, 0.1) is 0 Å². The number of likely N-dealkylation sites (tertiary alicyclic amines) is 1. The van der Waals surface area contributed by atoms with E-state index in [2.05, 4.69) is 5.38 Å². The Morgan fingerprint density at radius 2 is 1.90 bits per heavy atom. The molecule has 1 aromatic carbocycles. The molecule has 2 amide bonds. The van der Waals surface area contributed by atoms with Crippen molar-refractivity contribution in [2.45, 2.75) is 31.9 Å². The van der Waals surface area contributed by atoms with Crippen LogP contribution in [0.3, 0.4) is 0 Å². The Morgan fingerprint density at radius 1 is 1.17 bits per heavy atom. The van der Waals surface area contributed by atoms with Gasteiger partial charge in [-0.1, -0.05) is 0 Å². The summed E-state index contributed by atoms with van der Waals surface area (Å²) in [7, 11) is 3.42. The SMILES string of the molecule is COCCC(=O)N1CCC(Oc2ccc(C(=O)N(C)Cc3ccsc3)cc2)CC1. The molecule has 29 heavy (non-hydrogen) atoms. The molecule has 1 aliphatic heterocycles. The van der Waals surface area contributed by atoms with Gasteiger partial charge >= 0.3 is 0 Å². The molecular formula is C22H28N2O4S. The van der Waals surface area contributed by atoms with E-state index in [0.717, 1.165) is 24.2 Å². The third kappa shape index (κ3) is 6.05. The molecule has 0 atom stereocenters. The van der Waals surface area contributed by atoms with Gasteiger partial charge in [-0.2, -0.15) is 11.3 Å². The van der Waals surface area contributed by atoms with E-state index in [1.165, 1.54) is 0 Å². The summed E-state index contributed by atoms with van der Waals surface area (Å²) in [6.45, 7) is 2.47. The topological polar surface area (TPSA) is 59.1 Å². The molecule has 156 valence electrons. The molecule has 1 aromatic heterocycles. The van der Waals surface area contributed by atoms with Crippen LogP contribution >= 0.6 is 11.3 Å². The van der Waals surface area contributed by atoms with E-state index in [0.29, 0.717) is 38.2 Å². The van der Waals surface area contributed by atoms with Gasteiger partial charge in [-0.15, -0.1) is 0 Å². The van der Waals surface area contributed by atoms with Crippen molar-refractivity contribution in [2.75, 3.05) is 33.9 Å². The van der Waals surface area contributed by atoms with Crippen LogP contribution in [-0.4, -0.2) is 61.6 Å². The first-order chi connectivity index (χ1) is 14.1. The Kier molecular flexibility index (Phi) is 7.66. The highest BCUT2D eigenvalue weighted by atomic mass is 32.1. The number of amides is 2. The maximum absolute atomic E-state index is 12.6. The van der Waals surface area contributed by atoms with E-state index in [4.69, 9.17) is 9.47 Å². The zero-order valence-electron chi connectivity index (χ0n) is 17.0. The standard InChI is InChI=1S/C22H28N2O4S/c1-23(15-17-10-14-29-16-17)22(26)18-3-5-19(6-4-18)28-20-7-11-24(12-8-20)21(25)9-13-27-2/h3-6,10,14,16,20H,7-9,11-13,15H2,1-2H3. The maximum atomic E-state index is 12.6. The second-order valence-electron chi connectivity index (χ2n) is 7.26. The first-order valence-corrected chi connectivity index (χ1v) is 10.8. The second kappa shape index (κ2) is 10.4. The third-order valence-corrected chi connectivity index (χ3v) is 5.80. The van der Waals surface area contributed by atoms with E-state index in [9.17, 15) is 9.59 Å². The molecule has 3 rings (SSSR count). The summed E-state index contributed by atoms with van der Waals surface area (Å²) in [4.78, 5) is 28.2. The van der Waals surface area contributed by atoms with Gasteiger partial charge in [0.1, 0.15) is 11.9 Å². The van der Waals surface area contributed by atoms with Crippen LogP contribution in [0.1, 0.15) is 35.2 Å². The molecule has 0 N–H and O–H groups in total. The van der Waals surface area contributed by atoms with Crippen LogP contribution in [0.25, 0.3) is 0 Å². The van der Waals surface area contributed by atoms with Gasteiger partial charge in [0, 0.05) is 52.2 Å². The number of hydrogen-bond acceptors (Lipinski definition) is 5. The minimum atomic E-state index is -0.00868. The summed E-state index contributed by atoms with van der Waals surface area (Å²) < 4.78 is 11.0. The molecule has 0 bridgehead atoms. The minimum absolute atomic E-state index is 0.00868. The Labute approximate surface area is 176 Å². The number of methoxy groups -OCH3 is 1. The normalized spacial score (nSPS) is 14.6. The number of rotatable bonds is 8.